The molecule has 0 aliphatic carbocycles. The molecule has 1 heterocycles. The number of aliphatic hydroxyl groups is 1. The fourth-order valence-electron chi connectivity index (χ4n) is 2.94. The zero-order valence-corrected chi connectivity index (χ0v) is 16.5. The number of aromatic nitrogens is 2. The number of nitrogens with zero attached hydrogens (tertiary/aromatic N) is 2. The topological polar surface area (TPSA) is 75.1 Å². The van der Waals surface area contributed by atoms with Crippen LogP contribution in [0.3, 0.4) is 0 Å². The molecule has 2 aromatic carbocycles. The van der Waals surface area contributed by atoms with Crippen LogP contribution in [0, 0.1) is 11.7 Å². The Morgan fingerprint density at radius 3 is 2.34 bits per heavy atom. The van der Waals surface area contributed by atoms with Gasteiger partial charge in [0.25, 0.3) is 0 Å². The quantitative estimate of drug-likeness (QED) is 0.632. The third kappa shape index (κ3) is 5.68. The van der Waals surface area contributed by atoms with Gasteiger partial charge in [-0.1, -0.05) is 50.2 Å². The molecule has 0 radical (unpaired) electrons. The van der Waals surface area contributed by atoms with Gasteiger partial charge in [0.05, 0.1) is 30.6 Å². The molecule has 0 spiro atoms. The van der Waals surface area contributed by atoms with Gasteiger partial charge in [-0.3, -0.25) is 4.79 Å². The lowest BCUT2D eigenvalue weighted by molar-refractivity contribution is -0.115. The summed E-state index contributed by atoms with van der Waals surface area (Å²) >= 11 is 0. The van der Waals surface area contributed by atoms with Crippen molar-refractivity contribution in [2.75, 3.05) is 5.32 Å². The Morgan fingerprint density at radius 2 is 1.72 bits per heavy atom. The second kappa shape index (κ2) is 9.39. The second-order valence-electron chi connectivity index (χ2n) is 7.35. The Bertz CT molecular complexity index is 970. The minimum atomic E-state index is -0.332. The van der Waals surface area contributed by atoms with Crippen LogP contribution in [0.1, 0.15) is 30.7 Å². The second-order valence-corrected chi connectivity index (χ2v) is 7.35. The molecule has 1 amide bonds. The molecule has 0 aliphatic heterocycles. The zero-order chi connectivity index (χ0) is 20.8. The number of halogens is 1. The number of benzene rings is 2. The number of hydrogen-bond donors (Lipinski definition) is 2. The van der Waals surface area contributed by atoms with Crippen LogP contribution >= 0.6 is 0 Å². The van der Waals surface area contributed by atoms with Crippen molar-refractivity contribution < 1.29 is 14.3 Å². The molecule has 1 aromatic heterocycles. The van der Waals surface area contributed by atoms with Crippen LogP contribution in [-0.4, -0.2) is 21.0 Å². The number of hydrogen-bond acceptors (Lipinski definition) is 4. The summed E-state index contributed by atoms with van der Waals surface area (Å²) in [6.45, 7) is 4.15. The molecule has 29 heavy (non-hydrogen) atoms. The molecule has 2 N–H and O–H groups in total. The van der Waals surface area contributed by atoms with Gasteiger partial charge in [-0.25, -0.2) is 14.4 Å². The molecule has 5 nitrogen and oxygen atoms in total. The third-order valence-corrected chi connectivity index (χ3v) is 4.41. The van der Waals surface area contributed by atoms with E-state index in [1.807, 2.05) is 24.3 Å². The molecule has 0 saturated heterocycles. The average Bonchev–Trinajstić information content (AvgIpc) is 2.71. The molecule has 0 saturated carbocycles. The number of rotatable bonds is 7. The summed E-state index contributed by atoms with van der Waals surface area (Å²) in [5.74, 6) is 0.225. The lowest BCUT2D eigenvalue weighted by Gasteiger charge is -2.13. The molecular weight excluding hydrogens is 369 g/mol. The first-order chi connectivity index (χ1) is 13.9. The van der Waals surface area contributed by atoms with E-state index in [1.165, 1.54) is 12.1 Å². The number of aliphatic hydroxyl groups excluding tert-OH is 1. The van der Waals surface area contributed by atoms with E-state index in [-0.39, 0.29) is 24.8 Å². The highest BCUT2D eigenvalue weighted by Crippen LogP contribution is 2.22. The smallest absolute Gasteiger partial charge is 0.229 e. The number of amides is 1. The van der Waals surface area contributed by atoms with Gasteiger partial charge in [0.2, 0.25) is 5.91 Å². The van der Waals surface area contributed by atoms with Crippen LogP contribution in [0.5, 0.6) is 0 Å². The van der Waals surface area contributed by atoms with Crippen LogP contribution in [-0.2, 0) is 24.2 Å². The van der Waals surface area contributed by atoms with Gasteiger partial charge < -0.3 is 10.4 Å². The van der Waals surface area contributed by atoms with E-state index in [9.17, 15) is 14.3 Å². The highest BCUT2D eigenvalue weighted by Gasteiger charge is 2.14. The van der Waals surface area contributed by atoms with Gasteiger partial charge in [-0.15, -0.1) is 0 Å². The van der Waals surface area contributed by atoms with Crippen LogP contribution in [0.4, 0.5) is 10.2 Å². The van der Waals surface area contributed by atoms with Crippen molar-refractivity contribution >= 4 is 11.7 Å². The molecule has 3 rings (SSSR count). The standard InChI is InChI=1S/C23H24FN3O2/c1-15(2)11-20-23(27-22(29)12-16-5-9-19(24)10-6-16)25-13-21(26-20)18-7-3-17(14-28)4-8-18/h3-10,13,15,28H,11-12,14H2,1-2H3,(H,25,27,29). The third-order valence-electron chi connectivity index (χ3n) is 4.41. The monoisotopic (exact) mass is 393 g/mol. The van der Waals surface area contributed by atoms with Gasteiger partial charge in [0.1, 0.15) is 5.82 Å². The predicted octanol–water partition coefficient (Wildman–Crippen LogP) is 4.15. The minimum Gasteiger partial charge on any atom is -0.392 e. The first-order valence-corrected chi connectivity index (χ1v) is 9.55. The fraction of sp³-hybridized carbons (Fsp3) is 0.261. The maximum atomic E-state index is 13.0. The van der Waals surface area contributed by atoms with E-state index >= 15 is 0 Å². The summed E-state index contributed by atoms with van der Waals surface area (Å²) in [6.07, 6.45) is 2.43. The van der Waals surface area contributed by atoms with E-state index in [0.717, 1.165) is 22.4 Å². The molecule has 0 fully saturated rings. The summed E-state index contributed by atoms with van der Waals surface area (Å²) in [7, 11) is 0. The number of carbonyl (C=O) groups is 1. The number of nitrogens with one attached hydrogen (secondary N) is 1. The Labute approximate surface area is 169 Å². The van der Waals surface area contributed by atoms with Crippen molar-refractivity contribution in [1.82, 2.24) is 9.97 Å². The van der Waals surface area contributed by atoms with Crippen molar-refractivity contribution in [2.45, 2.75) is 33.3 Å². The maximum absolute atomic E-state index is 13.0. The molecule has 0 aliphatic rings. The van der Waals surface area contributed by atoms with Crippen LogP contribution in [0.2, 0.25) is 0 Å². The molecule has 6 heteroatoms. The number of anilines is 1. The number of carbonyl (C=O) groups excluding carboxylic acids is 1. The fourth-order valence-corrected chi connectivity index (χ4v) is 2.94. The normalized spacial score (nSPS) is 10.9. The summed E-state index contributed by atoms with van der Waals surface area (Å²) in [6, 6.07) is 13.3. The van der Waals surface area contributed by atoms with Crippen molar-refractivity contribution in [1.29, 1.82) is 0 Å². The zero-order valence-electron chi connectivity index (χ0n) is 16.5. The van der Waals surface area contributed by atoms with Crippen LogP contribution < -0.4 is 5.32 Å². The Kier molecular flexibility index (Phi) is 6.67. The highest BCUT2D eigenvalue weighted by atomic mass is 19.1. The molecule has 150 valence electrons. The predicted molar refractivity (Wildman–Crippen MR) is 111 cm³/mol. The maximum Gasteiger partial charge on any atom is 0.229 e. The molecule has 3 aromatic rings. The summed E-state index contributed by atoms with van der Waals surface area (Å²) < 4.78 is 13.0. The van der Waals surface area contributed by atoms with E-state index < -0.39 is 0 Å². The highest BCUT2D eigenvalue weighted by molar-refractivity contribution is 5.92. The average molecular weight is 393 g/mol. The minimum absolute atomic E-state index is 0.0103. The first kappa shape index (κ1) is 20.6. The molecule has 0 bridgehead atoms. The van der Waals surface area contributed by atoms with Crippen LogP contribution in [0.25, 0.3) is 11.3 Å². The van der Waals surface area contributed by atoms with E-state index in [1.54, 1.807) is 18.3 Å². The lowest BCUT2D eigenvalue weighted by Crippen LogP contribution is -2.18. The molecular formula is C23H24FN3O2. The Balaban J connectivity index is 1.81. The van der Waals surface area contributed by atoms with Crippen molar-refractivity contribution in [3.8, 4) is 11.3 Å². The first-order valence-electron chi connectivity index (χ1n) is 9.55. The van der Waals surface area contributed by atoms with Gasteiger partial charge >= 0.3 is 0 Å². The van der Waals surface area contributed by atoms with Gasteiger partial charge in [-0.2, -0.15) is 0 Å². The molecule has 0 unspecified atom stereocenters. The van der Waals surface area contributed by atoms with Crippen molar-refractivity contribution in [2.24, 2.45) is 5.92 Å². The Hall–Kier alpha value is -3.12. The van der Waals surface area contributed by atoms with E-state index in [2.05, 4.69) is 24.1 Å². The summed E-state index contributed by atoms with van der Waals surface area (Å²) in [5.41, 5.74) is 3.87. The van der Waals surface area contributed by atoms with Crippen LogP contribution in [0.15, 0.2) is 54.7 Å². The van der Waals surface area contributed by atoms with E-state index in [4.69, 9.17) is 4.98 Å². The summed E-state index contributed by atoms with van der Waals surface area (Å²) in [5, 5.41) is 12.0. The van der Waals surface area contributed by atoms with Gasteiger partial charge in [-0.05, 0) is 35.6 Å². The van der Waals surface area contributed by atoms with Crippen molar-refractivity contribution in [3.05, 3.63) is 77.4 Å². The Morgan fingerprint density at radius 1 is 1.07 bits per heavy atom. The van der Waals surface area contributed by atoms with Crippen molar-refractivity contribution in [3.63, 3.8) is 0 Å². The SMILES string of the molecule is CC(C)Cc1nc(-c2ccc(CO)cc2)cnc1NC(=O)Cc1ccc(F)cc1. The largest absolute Gasteiger partial charge is 0.392 e. The van der Waals surface area contributed by atoms with Gasteiger partial charge in [0, 0.05) is 5.56 Å². The molecule has 0 atom stereocenters. The van der Waals surface area contributed by atoms with Gasteiger partial charge in [0.15, 0.2) is 5.82 Å². The summed E-state index contributed by atoms with van der Waals surface area (Å²) in [4.78, 5) is 21.6. The van der Waals surface area contributed by atoms with E-state index in [0.29, 0.717) is 23.9 Å². The lowest BCUT2D eigenvalue weighted by atomic mass is 10.1.